The van der Waals surface area contributed by atoms with Gasteiger partial charge in [0.25, 0.3) is 0 Å². The lowest BCUT2D eigenvalue weighted by Gasteiger charge is -2.32. The number of hydrogen-bond acceptors (Lipinski definition) is 4. The Morgan fingerprint density at radius 3 is 2.32 bits per heavy atom. The number of nitrogens with one attached hydrogen (secondary N) is 2. The maximum Gasteiger partial charge on any atom is 0.319 e. The van der Waals surface area contributed by atoms with Gasteiger partial charge in [-0.25, -0.2) is 13.2 Å². The highest BCUT2D eigenvalue weighted by Gasteiger charge is 2.17. The molecule has 0 atom stereocenters. The Bertz CT molecular complexity index is 1330. The van der Waals surface area contributed by atoms with E-state index in [-0.39, 0.29) is 11.8 Å². The van der Waals surface area contributed by atoms with E-state index in [1.165, 1.54) is 28.8 Å². The molecule has 0 aliphatic carbocycles. The van der Waals surface area contributed by atoms with Crippen LogP contribution in [0.1, 0.15) is 49.4 Å². The van der Waals surface area contributed by atoms with Gasteiger partial charge in [0.15, 0.2) is 9.84 Å². The first kappa shape index (κ1) is 27.7. The summed E-state index contributed by atoms with van der Waals surface area (Å²) in [5, 5.41) is 5.69. The highest BCUT2D eigenvalue weighted by Crippen LogP contribution is 2.29. The van der Waals surface area contributed by atoms with E-state index < -0.39 is 9.84 Å². The first-order valence-electron chi connectivity index (χ1n) is 13.6. The minimum Gasteiger partial charge on any atom is -0.371 e. The first-order chi connectivity index (χ1) is 18.2. The molecule has 7 heteroatoms. The lowest BCUT2D eigenvalue weighted by atomic mass is 9.95. The minimum absolute atomic E-state index is 0.0668. The molecular formula is C31H39N3O3S. The lowest BCUT2D eigenvalue weighted by Crippen LogP contribution is -2.31. The molecule has 1 aliphatic heterocycles. The monoisotopic (exact) mass is 533 g/mol. The highest BCUT2D eigenvalue weighted by atomic mass is 32.2. The molecule has 3 aromatic rings. The zero-order valence-corrected chi connectivity index (χ0v) is 23.5. The Morgan fingerprint density at radius 2 is 1.63 bits per heavy atom. The largest absolute Gasteiger partial charge is 0.371 e. The van der Waals surface area contributed by atoms with E-state index in [2.05, 4.69) is 59.7 Å². The first-order valence-corrected chi connectivity index (χ1v) is 15.2. The van der Waals surface area contributed by atoms with E-state index in [1.54, 1.807) is 31.2 Å². The maximum absolute atomic E-state index is 12.4. The van der Waals surface area contributed by atoms with Crippen LogP contribution < -0.4 is 15.5 Å². The number of urea groups is 1. The van der Waals surface area contributed by atoms with Crippen molar-refractivity contribution < 1.29 is 13.2 Å². The van der Waals surface area contributed by atoms with Crippen molar-refractivity contribution in [2.75, 3.05) is 29.1 Å². The number of rotatable bonds is 10. The van der Waals surface area contributed by atoms with Crippen LogP contribution in [0.3, 0.4) is 0 Å². The van der Waals surface area contributed by atoms with Gasteiger partial charge in [0.1, 0.15) is 0 Å². The molecule has 2 N–H and O–H groups in total. The van der Waals surface area contributed by atoms with E-state index in [9.17, 15) is 13.2 Å². The number of nitrogens with zero attached hydrogens (tertiary/aromatic N) is 1. The second-order valence-electron chi connectivity index (χ2n) is 10.5. The Labute approximate surface area is 227 Å². The molecule has 0 fully saturated rings. The summed E-state index contributed by atoms with van der Waals surface area (Å²) in [5.41, 5.74) is 7.07. The molecule has 0 saturated carbocycles. The number of benzene rings is 3. The fourth-order valence-corrected chi connectivity index (χ4v) is 5.77. The van der Waals surface area contributed by atoms with Gasteiger partial charge in [-0.3, -0.25) is 0 Å². The molecule has 0 aromatic heterocycles. The molecule has 0 spiro atoms. The Morgan fingerprint density at radius 1 is 0.947 bits per heavy atom. The Hall–Kier alpha value is -3.32. The van der Waals surface area contributed by atoms with Gasteiger partial charge in [-0.05, 0) is 84.2 Å². The van der Waals surface area contributed by atoms with Gasteiger partial charge >= 0.3 is 6.03 Å². The van der Waals surface area contributed by atoms with Crippen LogP contribution in [0.15, 0.2) is 71.6 Å². The third kappa shape index (κ3) is 7.38. The van der Waals surface area contributed by atoms with Crippen molar-refractivity contribution in [3.63, 3.8) is 0 Å². The van der Waals surface area contributed by atoms with Crippen LogP contribution in [0.25, 0.3) is 0 Å². The van der Waals surface area contributed by atoms with E-state index >= 15 is 0 Å². The van der Waals surface area contributed by atoms with Crippen molar-refractivity contribution in [1.29, 1.82) is 0 Å². The van der Waals surface area contributed by atoms with Gasteiger partial charge in [0.05, 0.1) is 10.6 Å². The molecule has 6 nitrogen and oxygen atoms in total. The van der Waals surface area contributed by atoms with Crippen molar-refractivity contribution in [2.24, 2.45) is 5.92 Å². The smallest absolute Gasteiger partial charge is 0.319 e. The Kier molecular flexibility index (Phi) is 9.10. The van der Waals surface area contributed by atoms with Gasteiger partial charge in [0, 0.05) is 31.0 Å². The summed E-state index contributed by atoms with van der Waals surface area (Å²) in [4.78, 5) is 15.2. The van der Waals surface area contributed by atoms with Gasteiger partial charge in [-0.1, -0.05) is 57.2 Å². The molecule has 0 bridgehead atoms. The van der Waals surface area contributed by atoms with Crippen LogP contribution in [0.4, 0.5) is 16.2 Å². The molecule has 4 rings (SSSR count). The van der Waals surface area contributed by atoms with Crippen LogP contribution >= 0.6 is 0 Å². The third-order valence-corrected chi connectivity index (χ3v) is 8.76. The van der Waals surface area contributed by atoms with Gasteiger partial charge in [0.2, 0.25) is 0 Å². The molecule has 0 radical (unpaired) electrons. The normalized spacial score (nSPS) is 13.3. The minimum atomic E-state index is -3.22. The molecule has 1 aliphatic rings. The summed E-state index contributed by atoms with van der Waals surface area (Å²) in [6.45, 7) is 8.53. The number of hydrogen-bond donors (Lipinski definition) is 2. The summed E-state index contributed by atoms with van der Waals surface area (Å²) < 4.78 is 23.9. The molecular weight excluding hydrogens is 494 g/mol. The second-order valence-corrected chi connectivity index (χ2v) is 12.7. The number of carbonyl (C=O) groups is 1. The zero-order chi connectivity index (χ0) is 27.1. The average molecular weight is 534 g/mol. The zero-order valence-electron chi connectivity index (χ0n) is 22.7. The predicted molar refractivity (Wildman–Crippen MR) is 156 cm³/mol. The molecule has 2 amide bonds. The van der Waals surface area contributed by atoms with Gasteiger partial charge in [-0.2, -0.15) is 0 Å². The average Bonchev–Trinajstić information content (AvgIpc) is 2.91. The predicted octanol–water partition coefficient (Wildman–Crippen LogP) is 6.00. The van der Waals surface area contributed by atoms with Crippen LogP contribution in [0.2, 0.25) is 0 Å². The highest BCUT2D eigenvalue weighted by molar-refractivity contribution is 7.91. The van der Waals surface area contributed by atoms with Crippen molar-refractivity contribution in [3.05, 3.63) is 89.0 Å². The van der Waals surface area contributed by atoms with Crippen LogP contribution in [0, 0.1) is 5.92 Å². The number of sulfone groups is 1. The molecule has 202 valence electrons. The fourth-order valence-electron chi connectivity index (χ4n) is 4.88. The number of anilines is 2. The fraction of sp³-hybridized carbons (Fsp3) is 0.387. The summed E-state index contributed by atoms with van der Waals surface area (Å²) in [7, 11) is -3.22. The molecule has 0 saturated heterocycles. The standard InChI is InChI=1S/C31H39N3O3S/c1-4-38(36,37)29-15-10-25(11-16-29)22-32-31(35)33-28-13-8-24(9-14-28)17-19-34-18-5-6-27-12-7-26(20-23(2)3)21-30(27)34/h7-16,21,23H,4-6,17-20,22H2,1-3H3,(H2,32,33,35). The summed E-state index contributed by atoms with van der Waals surface area (Å²) in [6.07, 6.45) is 4.40. The van der Waals surface area contributed by atoms with Crippen molar-refractivity contribution >= 4 is 27.2 Å². The van der Waals surface area contributed by atoms with Crippen molar-refractivity contribution in [2.45, 2.75) is 57.9 Å². The summed E-state index contributed by atoms with van der Waals surface area (Å²) >= 11 is 0. The van der Waals surface area contributed by atoms with Crippen LogP contribution in [-0.4, -0.2) is 33.3 Å². The molecule has 1 heterocycles. The van der Waals surface area contributed by atoms with E-state index in [1.807, 2.05) is 12.1 Å². The van der Waals surface area contributed by atoms with Gasteiger partial charge in [-0.15, -0.1) is 0 Å². The molecule has 3 aromatic carbocycles. The van der Waals surface area contributed by atoms with Crippen molar-refractivity contribution in [1.82, 2.24) is 5.32 Å². The molecule has 0 unspecified atom stereocenters. The van der Waals surface area contributed by atoms with Gasteiger partial charge < -0.3 is 15.5 Å². The van der Waals surface area contributed by atoms with E-state index in [0.29, 0.717) is 17.4 Å². The van der Waals surface area contributed by atoms with Crippen molar-refractivity contribution in [3.8, 4) is 0 Å². The SMILES string of the molecule is CCS(=O)(=O)c1ccc(CNC(=O)Nc2ccc(CCN3CCCc4ccc(CC(C)C)cc43)cc2)cc1. The van der Waals surface area contributed by atoms with E-state index in [4.69, 9.17) is 0 Å². The Balaban J connectivity index is 1.27. The third-order valence-electron chi connectivity index (χ3n) is 7.01. The van der Waals surface area contributed by atoms with Crippen LogP contribution in [-0.2, 0) is 35.6 Å². The number of amides is 2. The number of aryl methyl sites for hydroxylation is 1. The topological polar surface area (TPSA) is 78.5 Å². The quantitative estimate of drug-likeness (QED) is 0.335. The van der Waals surface area contributed by atoms with Crippen LogP contribution in [0.5, 0.6) is 0 Å². The van der Waals surface area contributed by atoms with E-state index in [0.717, 1.165) is 43.6 Å². The summed E-state index contributed by atoms with van der Waals surface area (Å²) in [5.74, 6) is 0.717. The number of carbonyl (C=O) groups excluding carboxylic acids is 1. The maximum atomic E-state index is 12.4. The number of fused-ring (bicyclic) bond motifs is 1. The second kappa shape index (κ2) is 12.5. The molecule has 38 heavy (non-hydrogen) atoms. The summed E-state index contributed by atoms with van der Waals surface area (Å²) in [6, 6.07) is 21.3. The lowest BCUT2D eigenvalue weighted by molar-refractivity contribution is 0.251.